The summed E-state index contributed by atoms with van der Waals surface area (Å²) in [5.74, 6) is 0.275. The molecule has 3 fully saturated rings. The lowest BCUT2D eigenvalue weighted by Crippen LogP contribution is -2.62. The summed E-state index contributed by atoms with van der Waals surface area (Å²) in [7, 11) is 0. The molecule has 1 aromatic heterocycles. The summed E-state index contributed by atoms with van der Waals surface area (Å²) in [6.45, 7) is 6.17. The molecule has 1 aromatic rings. The lowest BCUT2D eigenvalue weighted by atomic mass is 9.46. The first-order valence-corrected chi connectivity index (χ1v) is 13.0. The number of aliphatic hydroxyl groups excluding tert-OH is 1. The first kappa shape index (κ1) is 23.0. The van der Waals surface area contributed by atoms with Crippen LogP contribution in [0, 0.1) is 34.5 Å². The van der Waals surface area contributed by atoms with Crippen LogP contribution in [0.5, 0.6) is 0 Å². The number of thioether (sulfide) groups is 1. The molecule has 0 aliphatic heterocycles. The van der Waals surface area contributed by atoms with E-state index in [9.17, 15) is 19.8 Å². The van der Waals surface area contributed by atoms with Crippen LogP contribution in [0.2, 0.25) is 0 Å². The Labute approximate surface area is 199 Å². The maximum Gasteiger partial charge on any atom is 0.178 e. The average Bonchev–Trinajstić information content (AvgIpc) is 2.99. The van der Waals surface area contributed by atoms with Gasteiger partial charge in [-0.2, -0.15) is 0 Å². The number of hydrogen-bond acceptors (Lipinski definition) is 6. The standard InChI is InChI=1S/C27H33NO4S/c1-16-12-21-20-5-4-17-13-18(29)6-9-25(17,2)24(20)22(30)14-26(21,3)27(16,32)23(31)15-33-19-7-10-28-11-8-19/h6-11,13,16,20-22,24,30,32H,4-5,12,14-15H2,1-3H3/t16-,20?,21?,22+,24?,25?,26?,27+/m1/s1. The molecule has 3 saturated carbocycles. The second kappa shape index (κ2) is 7.89. The first-order chi connectivity index (χ1) is 15.6. The number of ketones is 2. The molecule has 8 atom stereocenters. The number of fused-ring (bicyclic) bond motifs is 5. The quantitative estimate of drug-likeness (QED) is 0.651. The fraction of sp³-hybridized carbons (Fsp3) is 0.593. The molecular formula is C27H33NO4S. The lowest BCUT2D eigenvalue weighted by Gasteiger charge is -2.59. The molecule has 1 heterocycles. The largest absolute Gasteiger partial charge is 0.393 e. The molecule has 0 aromatic carbocycles. The van der Waals surface area contributed by atoms with Gasteiger partial charge in [-0.05, 0) is 67.7 Å². The van der Waals surface area contributed by atoms with Gasteiger partial charge in [-0.3, -0.25) is 14.6 Å². The van der Waals surface area contributed by atoms with Crippen molar-refractivity contribution in [3.63, 3.8) is 0 Å². The highest BCUT2D eigenvalue weighted by atomic mass is 32.2. The predicted octanol–water partition coefficient (Wildman–Crippen LogP) is 4.00. The summed E-state index contributed by atoms with van der Waals surface area (Å²) in [5, 5.41) is 23.6. The summed E-state index contributed by atoms with van der Waals surface area (Å²) in [6.07, 6.45) is 11.0. The molecule has 0 spiro atoms. The molecule has 5 nitrogen and oxygen atoms in total. The maximum atomic E-state index is 13.6. The van der Waals surface area contributed by atoms with E-state index >= 15 is 0 Å². The van der Waals surface area contributed by atoms with Gasteiger partial charge in [0.2, 0.25) is 0 Å². The minimum absolute atomic E-state index is 0.00392. The number of carbonyl (C=O) groups is 2. The highest BCUT2D eigenvalue weighted by Crippen LogP contribution is 2.68. The molecule has 0 bridgehead atoms. The van der Waals surface area contributed by atoms with Crippen LogP contribution >= 0.6 is 11.8 Å². The fourth-order valence-electron chi connectivity index (χ4n) is 7.95. The Hall–Kier alpha value is -1.76. The highest BCUT2D eigenvalue weighted by Gasteiger charge is 2.70. The average molecular weight is 468 g/mol. The molecule has 6 heteroatoms. The van der Waals surface area contributed by atoms with Crippen molar-refractivity contribution in [1.29, 1.82) is 0 Å². The Morgan fingerprint density at radius 2 is 2.00 bits per heavy atom. The van der Waals surface area contributed by atoms with Crippen LogP contribution < -0.4 is 0 Å². The third-order valence-electron chi connectivity index (χ3n) is 9.52. The normalized spacial score (nSPS) is 44.0. The molecule has 33 heavy (non-hydrogen) atoms. The number of carbonyl (C=O) groups excluding carboxylic acids is 2. The van der Waals surface area contributed by atoms with E-state index in [1.807, 2.05) is 32.1 Å². The van der Waals surface area contributed by atoms with Gasteiger partial charge in [-0.15, -0.1) is 11.8 Å². The van der Waals surface area contributed by atoms with Crippen molar-refractivity contribution in [2.45, 2.75) is 63.1 Å². The van der Waals surface area contributed by atoms with Crippen molar-refractivity contribution >= 4 is 23.3 Å². The van der Waals surface area contributed by atoms with Gasteiger partial charge >= 0.3 is 0 Å². The van der Waals surface area contributed by atoms with E-state index in [0.29, 0.717) is 6.42 Å². The number of hydrogen-bond donors (Lipinski definition) is 2. The summed E-state index contributed by atoms with van der Waals surface area (Å²) >= 11 is 1.43. The third-order valence-corrected chi connectivity index (χ3v) is 10.5. The van der Waals surface area contributed by atoms with Crippen LogP contribution in [0.3, 0.4) is 0 Å². The van der Waals surface area contributed by atoms with Crippen LogP contribution in [0.25, 0.3) is 0 Å². The number of aromatic nitrogens is 1. The summed E-state index contributed by atoms with van der Waals surface area (Å²) in [6, 6.07) is 3.74. The van der Waals surface area contributed by atoms with Crippen LogP contribution in [-0.2, 0) is 9.59 Å². The SMILES string of the molecule is C[C@@H]1CC2C3CCC4=CC(=O)C=CC4(C)C3[C@@H](O)CC2(C)[C@@]1(O)C(=O)CSc1ccncc1. The van der Waals surface area contributed by atoms with Crippen molar-refractivity contribution in [2.24, 2.45) is 34.5 Å². The van der Waals surface area contributed by atoms with E-state index < -0.39 is 17.1 Å². The van der Waals surface area contributed by atoms with E-state index in [2.05, 4.69) is 11.9 Å². The minimum atomic E-state index is -1.46. The van der Waals surface area contributed by atoms with Crippen molar-refractivity contribution in [3.8, 4) is 0 Å². The zero-order valence-corrected chi connectivity index (χ0v) is 20.3. The number of aliphatic hydroxyl groups is 2. The molecule has 4 aliphatic rings. The first-order valence-electron chi connectivity index (χ1n) is 12.0. The van der Waals surface area contributed by atoms with Gasteiger partial charge in [0.1, 0.15) is 5.60 Å². The number of nitrogens with zero attached hydrogens (tertiary/aromatic N) is 1. The smallest absolute Gasteiger partial charge is 0.178 e. The molecule has 176 valence electrons. The number of Topliss-reactive ketones (excluding diaryl/α,β-unsaturated/α-hetero) is 1. The topological polar surface area (TPSA) is 87.5 Å². The van der Waals surface area contributed by atoms with Crippen molar-refractivity contribution in [1.82, 2.24) is 4.98 Å². The molecule has 5 rings (SSSR count). The molecule has 0 amide bonds. The van der Waals surface area contributed by atoms with Crippen LogP contribution in [0.4, 0.5) is 0 Å². The van der Waals surface area contributed by atoms with E-state index in [0.717, 1.165) is 29.7 Å². The Bertz CT molecular complexity index is 1040. The summed E-state index contributed by atoms with van der Waals surface area (Å²) in [5.41, 5.74) is -1.36. The Morgan fingerprint density at radius 1 is 1.27 bits per heavy atom. The van der Waals surface area contributed by atoms with Crippen molar-refractivity contribution < 1.29 is 19.8 Å². The third kappa shape index (κ3) is 3.24. The van der Waals surface area contributed by atoms with Crippen LogP contribution in [0.15, 0.2) is 53.2 Å². The second-order valence-corrected chi connectivity index (χ2v) is 12.1. The van der Waals surface area contributed by atoms with Gasteiger partial charge in [0.05, 0.1) is 11.9 Å². The fourth-order valence-corrected chi connectivity index (χ4v) is 8.78. The molecule has 5 unspecified atom stereocenters. The molecular weight excluding hydrogens is 434 g/mol. The Morgan fingerprint density at radius 3 is 2.73 bits per heavy atom. The second-order valence-electron chi connectivity index (χ2n) is 11.0. The maximum absolute atomic E-state index is 13.6. The van der Waals surface area contributed by atoms with Crippen molar-refractivity contribution in [3.05, 3.63) is 48.3 Å². The van der Waals surface area contributed by atoms with Gasteiger partial charge in [0, 0.05) is 34.0 Å². The van der Waals surface area contributed by atoms with Crippen LogP contribution in [-0.4, -0.2) is 44.2 Å². The monoisotopic (exact) mass is 467 g/mol. The zero-order valence-electron chi connectivity index (χ0n) is 19.5. The van der Waals surface area contributed by atoms with Crippen molar-refractivity contribution in [2.75, 3.05) is 5.75 Å². The summed E-state index contributed by atoms with van der Waals surface area (Å²) < 4.78 is 0. The minimum Gasteiger partial charge on any atom is -0.393 e. The zero-order chi connectivity index (χ0) is 23.6. The van der Waals surface area contributed by atoms with E-state index in [4.69, 9.17) is 0 Å². The highest BCUT2D eigenvalue weighted by molar-refractivity contribution is 8.00. The van der Waals surface area contributed by atoms with E-state index in [-0.39, 0.29) is 46.4 Å². The Balaban J connectivity index is 1.45. The van der Waals surface area contributed by atoms with Gasteiger partial charge in [-0.25, -0.2) is 0 Å². The number of allylic oxidation sites excluding steroid dienone is 4. The molecule has 2 N–H and O–H groups in total. The van der Waals surface area contributed by atoms with Gasteiger partial charge < -0.3 is 10.2 Å². The number of pyridine rings is 1. The predicted molar refractivity (Wildman–Crippen MR) is 127 cm³/mol. The molecule has 0 saturated heterocycles. The summed E-state index contributed by atoms with van der Waals surface area (Å²) in [4.78, 5) is 30.6. The molecule has 0 radical (unpaired) electrons. The molecule has 4 aliphatic carbocycles. The number of rotatable bonds is 4. The van der Waals surface area contributed by atoms with Gasteiger partial charge in [0.25, 0.3) is 0 Å². The van der Waals surface area contributed by atoms with Crippen LogP contribution in [0.1, 0.15) is 46.5 Å². The van der Waals surface area contributed by atoms with Gasteiger partial charge in [0.15, 0.2) is 11.6 Å². The lowest BCUT2D eigenvalue weighted by molar-refractivity contribution is -0.179. The van der Waals surface area contributed by atoms with Gasteiger partial charge in [-0.1, -0.05) is 32.4 Å². The van der Waals surface area contributed by atoms with E-state index in [1.165, 1.54) is 11.8 Å². The Kier molecular flexibility index (Phi) is 5.50. The van der Waals surface area contributed by atoms with E-state index in [1.54, 1.807) is 24.5 Å².